The predicted octanol–water partition coefficient (Wildman–Crippen LogP) is 5.61. The highest BCUT2D eigenvalue weighted by molar-refractivity contribution is 7.86. The molecule has 0 aromatic heterocycles. The Hall–Kier alpha value is -4.42. The highest BCUT2D eigenvalue weighted by Gasteiger charge is 2.28. The zero-order valence-corrected chi connectivity index (χ0v) is 26.2. The minimum absolute atomic E-state index is 0.0796. The van der Waals surface area contributed by atoms with Crippen molar-refractivity contribution in [1.82, 2.24) is 0 Å². The lowest BCUT2D eigenvalue weighted by atomic mass is 9.95. The summed E-state index contributed by atoms with van der Waals surface area (Å²) in [4.78, 5) is 0. The molecule has 0 aliphatic carbocycles. The van der Waals surface area contributed by atoms with E-state index in [4.69, 9.17) is 27.3 Å². The molecule has 0 aliphatic heterocycles. The van der Waals surface area contributed by atoms with Crippen LogP contribution in [0.2, 0.25) is 0 Å². The van der Waals surface area contributed by atoms with Crippen molar-refractivity contribution >= 4 is 20.2 Å². The molecule has 0 heterocycles. The van der Waals surface area contributed by atoms with Gasteiger partial charge in [0.1, 0.15) is 18.1 Å². The first kappa shape index (κ1) is 31.5. The lowest BCUT2D eigenvalue weighted by Gasteiger charge is -2.22. The van der Waals surface area contributed by atoms with Crippen molar-refractivity contribution in [2.45, 2.75) is 13.5 Å². The van der Waals surface area contributed by atoms with E-state index < -0.39 is 20.2 Å². The quantitative estimate of drug-likeness (QED) is 0.183. The topological polar surface area (TPSA) is 124 Å². The van der Waals surface area contributed by atoms with Crippen LogP contribution in [-0.4, -0.2) is 50.7 Å². The maximum absolute atomic E-state index is 12.5. The summed E-state index contributed by atoms with van der Waals surface area (Å²) in [5.41, 5.74) is 3.45. The largest absolute Gasteiger partial charge is 0.496 e. The highest BCUT2D eigenvalue weighted by Crippen LogP contribution is 2.52. The van der Waals surface area contributed by atoms with Crippen molar-refractivity contribution in [3.05, 3.63) is 83.9 Å². The molecule has 4 aromatic carbocycles. The van der Waals surface area contributed by atoms with Crippen molar-refractivity contribution in [2.75, 3.05) is 33.8 Å². The number of hydrogen-bond donors (Lipinski definition) is 0. The van der Waals surface area contributed by atoms with Gasteiger partial charge in [-0.05, 0) is 42.3 Å². The van der Waals surface area contributed by atoms with Crippen LogP contribution in [-0.2, 0) is 26.8 Å². The first-order chi connectivity index (χ1) is 20.3. The van der Waals surface area contributed by atoms with E-state index in [-0.39, 0.29) is 40.9 Å². The van der Waals surface area contributed by atoms with E-state index in [1.165, 1.54) is 33.5 Å². The van der Waals surface area contributed by atoms with Gasteiger partial charge in [0.25, 0.3) is 0 Å². The van der Waals surface area contributed by atoms with Crippen LogP contribution >= 0.6 is 0 Å². The van der Waals surface area contributed by atoms with Gasteiger partial charge >= 0.3 is 20.2 Å². The molecule has 228 valence electrons. The maximum Gasteiger partial charge on any atom is 0.306 e. The van der Waals surface area contributed by atoms with Gasteiger partial charge in [0.15, 0.2) is 23.0 Å². The van der Waals surface area contributed by atoms with Crippen molar-refractivity contribution < 1.29 is 44.1 Å². The first-order valence-electron chi connectivity index (χ1n) is 12.9. The van der Waals surface area contributed by atoms with Gasteiger partial charge in [-0.3, -0.25) is 0 Å². The molecule has 0 bridgehead atoms. The zero-order chi connectivity index (χ0) is 31.4. The second-order valence-corrected chi connectivity index (χ2v) is 12.7. The minimum Gasteiger partial charge on any atom is -0.496 e. The third-order valence-electron chi connectivity index (χ3n) is 6.24. The van der Waals surface area contributed by atoms with Gasteiger partial charge in [0.05, 0.1) is 39.4 Å². The Morgan fingerprint density at radius 3 is 1.86 bits per heavy atom. The van der Waals surface area contributed by atoms with Gasteiger partial charge in [0, 0.05) is 11.1 Å². The van der Waals surface area contributed by atoms with E-state index in [9.17, 15) is 16.8 Å². The molecule has 10 nitrogen and oxygen atoms in total. The summed E-state index contributed by atoms with van der Waals surface area (Å²) < 4.78 is 83.1. The molecule has 0 spiro atoms. The van der Waals surface area contributed by atoms with Crippen molar-refractivity contribution in [3.8, 4) is 56.8 Å². The van der Waals surface area contributed by atoms with E-state index >= 15 is 0 Å². The molecule has 12 heteroatoms. The Morgan fingerprint density at radius 1 is 0.605 bits per heavy atom. The van der Waals surface area contributed by atoms with Crippen LogP contribution in [0.15, 0.2) is 72.8 Å². The average molecular weight is 629 g/mol. The fourth-order valence-corrected chi connectivity index (χ4v) is 5.33. The normalized spacial score (nSPS) is 11.5. The van der Waals surface area contributed by atoms with Crippen LogP contribution < -0.4 is 27.3 Å². The van der Waals surface area contributed by atoms with Gasteiger partial charge in [-0.1, -0.05) is 54.1 Å². The first-order valence-corrected chi connectivity index (χ1v) is 16.5. The highest BCUT2D eigenvalue weighted by atomic mass is 32.2. The summed E-state index contributed by atoms with van der Waals surface area (Å²) in [5, 5.41) is 0. The van der Waals surface area contributed by atoms with Gasteiger partial charge in [-0.2, -0.15) is 16.8 Å². The summed E-state index contributed by atoms with van der Waals surface area (Å²) in [6.07, 6.45) is 1.81. The van der Waals surface area contributed by atoms with E-state index in [0.29, 0.717) is 22.4 Å². The Balaban J connectivity index is 1.94. The smallest absolute Gasteiger partial charge is 0.306 e. The standard InChI is InChI=1S/C31H32O10S2/c1-20-11-13-21(14-12-20)19-39-26-16-15-22(17-27(26)40-42(5,32)33)29-28(37-3)18-24(23-9-7-8-10-25(23)36-2)30(38-4)31(29)41-43(6,34)35/h7-18H,19H2,1-6H3. The zero-order valence-electron chi connectivity index (χ0n) is 24.5. The molecule has 0 amide bonds. The molecule has 0 aliphatic rings. The lowest BCUT2D eigenvalue weighted by Crippen LogP contribution is -2.10. The lowest BCUT2D eigenvalue weighted by molar-refractivity contribution is 0.296. The summed E-state index contributed by atoms with van der Waals surface area (Å²) in [6.45, 7) is 2.11. The van der Waals surface area contributed by atoms with E-state index in [0.717, 1.165) is 23.6 Å². The summed E-state index contributed by atoms with van der Waals surface area (Å²) >= 11 is 0. The summed E-state index contributed by atoms with van der Waals surface area (Å²) in [7, 11) is -3.77. The van der Waals surface area contributed by atoms with Crippen molar-refractivity contribution in [1.29, 1.82) is 0 Å². The van der Waals surface area contributed by atoms with Crippen LogP contribution in [0.25, 0.3) is 22.3 Å². The number of para-hydroxylation sites is 1. The fourth-order valence-electron chi connectivity index (χ4n) is 4.41. The van der Waals surface area contributed by atoms with Gasteiger partial charge in [0.2, 0.25) is 0 Å². The molecular formula is C31H32O10S2. The van der Waals surface area contributed by atoms with Crippen LogP contribution in [0.3, 0.4) is 0 Å². The third kappa shape index (κ3) is 7.70. The van der Waals surface area contributed by atoms with Gasteiger partial charge in [-0.25, -0.2) is 0 Å². The van der Waals surface area contributed by atoms with E-state index in [1.807, 2.05) is 31.2 Å². The molecule has 43 heavy (non-hydrogen) atoms. The summed E-state index contributed by atoms with van der Waals surface area (Å²) in [6, 6.07) is 21.0. The molecule has 0 N–H and O–H groups in total. The van der Waals surface area contributed by atoms with Gasteiger partial charge < -0.3 is 27.3 Å². The number of aryl methyl sites for hydroxylation is 1. The molecule has 0 saturated carbocycles. The van der Waals surface area contributed by atoms with Crippen LogP contribution in [0.4, 0.5) is 0 Å². The van der Waals surface area contributed by atoms with Gasteiger partial charge in [-0.15, -0.1) is 0 Å². The molecule has 0 saturated heterocycles. The Morgan fingerprint density at radius 2 is 1.26 bits per heavy atom. The molecule has 4 aromatic rings. The SMILES string of the molecule is COc1ccccc1-c1cc(OC)c(-c2ccc(OCc3ccc(C)cc3)c(OS(C)(=O)=O)c2)c(OS(C)(=O)=O)c1OC. The number of methoxy groups -OCH3 is 3. The van der Waals surface area contributed by atoms with Crippen LogP contribution in [0, 0.1) is 6.92 Å². The van der Waals surface area contributed by atoms with E-state index in [2.05, 4.69) is 0 Å². The number of rotatable bonds is 12. The molecule has 0 radical (unpaired) electrons. The second kappa shape index (κ2) is 12.8. The summed E-state index contributed by atoms with van der Waals surface area (Å²) in [5.74, 6) is 0.642. The minimum atomic E-state index is -4.09. The monoisotopic (exact) mass is 628 g/mol. The second-order valence-electron chi connectivity index (χ2n) is 9.57. The Kier molecular flexibility index (Phi) is 9.41. The average Bonchev–Trinajstić information content (AvgIpc) is 2.95. The predicted molar refractivity (Wildman–Crippen MR) is 163 cm³/mol. The number of ether oxygens (including phenoxy) is 4. The van der Waals surface area contributed by atoms with Crippen molar-refractivity contribution in [3.63, 3.8) is 0 Å². The molecule has 0 unspecified atom stereocenters. The van der Waals surface area contributed by atoms with Crippen LogP contribution in [0.5, 0.6) is 34.5 Å². The molecular weight excluding hydrogens is 596 g/mol. The Labute approximate surface area is 252 Å². The molecule has 0 atom stereocenters. The van der Waals surface area contributed by atoms with Crippen LogP contribution in [0.1, 0.15) is 11.1 Å². The number of benzene rings is 4. The third-order valence-corrected chi connectivity index (χ3v) is 7.20. The van der Waals surface area contributed by atoms with E-state index in [1.54, 1.807) is 36.4 Å². The van der Waals surface area contributed by atoms with Crippen molar-refractivity contribution in [2.24, 2.45) is 0 Å². The fraction of sp³-hybridized carbons (Fsp3) is 0.226. The molecule has 4 rings (SSSR count). The molecule has 0 fully saturated rings. The maximum atomic E-state index is 12.5. The Bertz CT molecular complexity index is 1830. The number of hydrogen-bond acceptors (Lipinski definition) is 10.